The summed E-state index contributed by atoms with van der Waals surface area (Å²) >= 11 is 0. The van der Waals surface area contributed by atoms with Gasteiger partial charge in [-0.15, -0.1) is 0 Å². The second-order valence-electron chi connectivity index (χ2n) is 7.72. The first kappa shape index (κ1) is 15.8. The van der Waals surface area contributed by atoms with E-state index in [2.05, 4.69) is 18.7 Å². The molecule has 3 nitrogen and oxygen atoms in total. The first-order valence-corrected chi connectivity index (χ1v) is 8.36. The van der Waals surface area contributed by atoms with Crippen LogP contribution in [0.5, 0.6) is 0 Å². The molecule has 0 bridgehead atoms. The molecule has 3 heteroatoms. The number of likely N-dealkylation sites (tertiary alicyclic amines) is 1. The maximum atomic E-state index is 11.5. The van der Waals surface area contributed by atoms with Gasteiger partial charge in [0.25, 0.3) is 0 Å². The minimum absolute atomic E-state index is 0.444. The van der Waals surface area contributed by atoms with Crippen LogP contribution in [0.4, 0.5) is 0 Å². The van der Waals surface area contributed by atoms with Gasteiger partial charge in [-0.25, -0.2) is 0 Å². The molecule has 0 aromatic rings. The highest BCUT2D eigenvalue weighted by Gasteiger charge is 2.41. The van der Waals surface area contributed by atoms with Gasteiger partial charge in [-0.2, -0.15) is 0 Å². The Balaban J connectivity index is 1.92. The summed E-state index contributed by atoms with van der Waals surface area (Å²) in [5.41, 5.74) is 0.0548. The highest BCUT2D eigenvalue weighted by Crippen LogP contribution is 2.39. The van der Waals surface area contributed by atoms with Crippen LogP contribution in [-0.2, 0) is 4.79 Å². The topological polar surface area (TPSA) is 40.5 Å². The molecule has 1 aliphatic carbocycles. The summed E-state index contributed by atoms with van der Waals surface area (Å²) < 4.78 is 0. The normalized spacial score (nSPS) is 30.6. The largest absolute Gasteiger partial charge is 0.481 e. The predicted molar refractivity (Wildman–Crippen MR) is 81.8 cm³/mol. The number of rotatable bonds is 3. The van der Waals surface area contributed by atoms with Crippen molar-refractivity contribution in [3.8, 4) is 0 Å². The van der Waals surface area contributed by atoms with Crippen LogP contribution in [0.1, 0.15) is 72.1 Å². The van der Waals surface area contributed by atoms with Crippen LogP contribution < -0.4 is 0 Å². The summed E-state index contributed by atoms with van der Waals surface area (Å²) in [5, 5.41) is 9.48. The van der Waals surface area contributed by atoms with Gasteiger partial charge in [0.1, 0.15) is 0 Å². The molecule has 1 unspecified atom stereocenters. The van der Waals surface area contributed by atoms with Gasteiger partial charge in [-0.3, -0.25) is 4.79 Å². The van der Waals surface area contributed by atoms with Crippen LogP contribution in [0.3, 0.4) is 0 Å². The summed E-state index contributed by atoms with van der Waals surface area (Å²) in [6, 6.07) is 0.695. The first-order valence-electron chi connectivity index (χ1n) is 8.36. The van der Waals surface area contributed by atoms with Gasteiger partial charge in [0.15, 0.2) is 0 Å². The van der Waals surface area contributed by atoms with Crippen LogP contribution in [-0.4, -0.2) is 35.1 Å². The van der Waals surface area contributed by atoms with Gasteiger partial charge in [-0.1, -0.05) is 27.2 Å². The minimum Gasteiger partial charge on any atom is -0.481 e. The van der Waals surface area contributed by atoms with Crippen LogP contribution >= 0.6 is 0 Å². The van der Waals surface area contributed by atoms with E-state index in [0.29, 0.717) is 11.5 Å². The number of carboxylic acids is 1. The molecule has 1 aliphatic heterocycles. The molecule has 2 fully saturated rings. The molecule has 2 aliphatic rings. The van der Waals surface area contributed by atoms with Gasteiger partial charge >= 0.3 is 5.97 Å². The summed E-state index contributed by atoms with van der Waals surface area (Å²) in [5.74, 6) is -0.582. The Labute approximate surface area is 123 Å². The molecule has 0 aromatic heterocycles. The number of nitrogens with zero attached hydrogens (tertiary/aromatic N) is 1. The van der Waals surface area contributed by atoms with Crippen molar-refractivity contribution in [1.29, 1.82) is 0 Å². The lowest BCUT2D eigenvalue weighted by Crippen LogP contribution is -2.47. The molecule has 1 atom stereocenters. The summed E-state index contributed by atoms with van der Waals surface area (Å²) in [4.78, 5) is 14.1. The summed E-state index contributed by atoms with van der Waals surface area (Å²) in [6.45, 7) is 8.75. The minimum atomic E-state index is -0.582. The Morgan fingerprint density at radius 3 is 2.35 bits per heavy atom. The van der Waals surface area contributed by atoms with Crippen LogP contribution in [0, 0.1) is 10.8 Å². The molecule has 1 saturated carbocycles. The van der Waals surface area contributed by atoms with Crippen LogP contribution in [0.2, 0.25) is 0 Å². The molecular formula is C17H31NO2. The molecule has 0 aromatic carbocycles. The van der Waals surface area contributed by atoms with Crippen molar-refractivity contribution >= 4 is 5.97 Å². The van der Waals surface area contributed by atoms with E-state index in [1.807, 2.05) is 6.92 Å². The van der Waals surface area contributed by atoms with Gasteiger partial charge in [0.05, 0.1) is 5.41 Å². The van der Waals surface area contributed by atoms with Crippen LogP contribution in [0.25, 0.3) is 0 Å². The lowest BCUT2D eigenvalue weighted by molar-refractivity contribution is -0.152. The standard InChI is InChI=1S/C17H31NO2/c1-4-17(15(19)20)10-12-18(13-11-17)14-6-5-8-16(2,3)9-7-14/h14H,4-13H2,1-3H3,(H,19,20). The zero-order chi connectivity index (χ0) is 14.8. The van der Waals surface area contributed by atoms with Gasteiger partial charge in [-0.05, 0) is 63.5 Å². The Hall–Kier alpha value is -0.570. The van der Waals surface area contributed by atoms with E-state index in [4.69, 9.17) is 0 Å². The molecule has 0 spiro atoms. The molecule has 20 heavy (non-hydrogen) atoms. The lowest BCUT2D eigenvalue weighted by atomic mass is 9.76. The fourth-order valence-electron chi connectivity index (χ4n) is 4.04. The molecule has 0 amide bonds. The van der Waals surface area contributed by atoms with Crippen molar-refractivity contribution in [3.63, 3.8) is 0 Å². The number of carbonyl (C=O) groups is 1. The van der Waals surface area contributed by atoms with E-state index in [0.717, 1.165) is 32.4 Å². The maximum absolute atomic E-state index is 11.5. The molecule has 1 saturated heterocycles. The van der Waals surface area contributed by atoms with E-state index in [1.54, 1.807) is 0 Å². The average molecular weight is 281 g/mol. The number of hydrogen-bond acceptors (Lipinski definition) is 2. The second-order valence-corrected chi connectivity index (χ2v) is 7.72. The number of hydrogen-bond donors (Lipinski definition) is 1. The van der Waals surface area contributed by atoms with E-state index < -0.39 is 11.4 Å². The molecular weight excluding hydrogens is 250 g/mol. The lowest BCUT2D eigenvalue weighted by Gasteiger charge is -2.42. The van der Waals surface area contributed by atoms with Crippen LogP contribution in [0.15, 0.2) is 0 Å². The Morgan fingerprint density at radius 1 is 1.15 bits per heavy atom. The van der Waals surface area contributed by atoms with E-state index >= 15 is 0 Å². The smallest absolute Gasteiger partial charge is 0.309 e. The van der Waals surface area contributed by atoms with Gasteiger partial charge < -0.3 is 10.0 Å². The van der Waals surface area contributed by atoms with Gasteiger partial charge in [0.2, 0.25) is 0 Å². The number of piperidine rings is 1. The van der Waals surface area contributed by atoms with E-state index in [9.17, 15) is 9.90 Å². The number of aliphatic carboxylic acids is 1. The van der Waals surface area contributed by atoms with Crippen molar-refractivity contribution in [2.45, 2.75) is 78.2 Å². The van der Waals surface area contributed by atoms with Crippen molar-refractivity contribution < 1.29 is 9.90 Å². The Kier molecular flexibility index (Phi) is 4.78. The third-order valence-corrected chi connectivity index (χ3v) is 5.95. The zero-order valence-electron chi connectivity index (χ0n) is 13.5. The van der Waals surface area contributed by atoms with Gasteiger partial charge in [0, 0.05) is 6.04 Å². The summed E-state index contributed by atoms with van der Waals surface area (Å²) in [6.07, 6.45) is 9.00. The fraction of sp³-hybridized carbons (Fsp3) is 0.941. The number of carboxylic acid groups (broad SMARTS) is 1. The van der Waals surface area contributed by atoms with Crippen molar-refractivity contribution in [3.05, 3.63) is 0 Å². The second kappa shape index (κ2) is 6.05. The first-order chi connectivity index (χ1) is 9.38. The molecule has 2 rings (SSSR count). The molecule has 116 valence electrons. The zero-order valence-corrected chi connectivity index (χ0v) is 13.5. The van der Waals surface area contributed by atoms with Crippen molar-refractivity contribution in [1.82, 2.24) is 4.90 Å². The molecule has 1 N–H and O–H groups in total. The highest BCUT2D eigenvalue weighted by molar-refractivity contribution is 5.74. The van der Waals surface area contributed by atoms with E-state index in [1.165, 1.54) is 32.1 Å². The van der Waals surface area contributed by atoms with Crippen molar-refractivity contribution in [2.24, 2.45) is 10.8 Å². The SMILES string of the molecule is CCC1(C(=O)O)CCN(C2CCCC(C)(C)CC2)CC1. The average Bonchev–Trinajstić information content (AvgIpc) is 2.59. The Bertz CT molecular complexity index is 343. The monoisotopic (exact) mass is 281 g/mol. The van der Waals surface area contributed by atoms with E-state index in [-0.39, 0.29) is 0 Å². The summed E-state index contributed by atoms with van der Waals surface area (Å²) in [7, 11) is 0. The quantitative estimate of drug-likeness (QED) is 0.797. The fourth-order valence-corrected chi connectivity index (χ4v) is 4.04. The predicted octanol–water partition coefficient (Wildman–Crippen LogP) is 3.92. The molecule has 1 heterocycles. The highest BCUT2D eigenvalue weighted by atomic mass is 16.4. The molecule has 0 radical (unpaired) electrons. The maximum Gasteiger partial charge on any atom is 0.309 e. The van der Waals surface area contributed by atoms with Crippen molar-refractivity contribution in [2.75, 3.05) is 13.1 Å². The Morgan fingerprint density at radius 2 is 1.80 bits per heavy atom. The third kappa shape index (κ3) is 3.36. The third-order valence-electron chi connectivity index (χ3n) is 5.95.